The zero-order valence-electron chi connectivity index (χ0n) is 8.33. The van der Waals surface area contributed by atoms with E-state index in [0.717, 1.165) is 6.07 Å². The summed E-state index contributed by atoms with van der Waals surface area (Å²) in [5.41, 5.74) is 5.68. The Balaban J connectivity index is 3.09. The van der Waals surface area contributed by atoms with Gasteiger partial charge in [-0.1, -0.05) is 6.07 Å². The highest BCUT2D eigenvalue weighted by Gasteiger charge is 2.16. The number of hydrogen-bond donors (Lipinski definition) is 2. The highest BCUT2D eigenvalue weighted by Crippen LogP contribution is 2.15. The summed E-state index contributed by atoms with van der Waals surface area (Å²) in [4.78, 5) is -0.0454. The Hall–Kier alpha value is -0.980. The Labute approximate surface area is 88.3 Å². The van der Waals surface area contributed by atoms with Gasteiger partial charge in [-0.25, -0.2) is 17.5 Å². The van der Waals surface area contributed by atoms with Gasteiger partial charge in [0, 0.05) is 13.1 Å². The van der Waals surface area contributed by atoms with Crippen molar-refractivity contribution < 1.29 is 12.8 Å². The Morgan fingerprint density at radius 3 is 2.73 bits per heavy atom. The molecule has 0 saturated heterocycles. The molecule has 6 heteroatoms. The lowest BCUT2D eigenvalue weighted by atomic mass is 10.2. The third-order valence-electron chi connectivity index (χ3n) is 1.88. The van der Waals surface area contributed by atoms with Crippen LogP contribution in [0.4, 0.5) is 4.39 Å². The van der Waals surface area contributed by atoms with E-state index in [1.807, 2.05) is 0 Å². The van der Waals surface area contributed by atoms with Gasteiger partial charge in [-0.2, -0.15) is 0 Å². The number of benzene rings is 1. The Bertz CT molecular complexity index is 445. The van der Waals surface area contributed by atoms with Crippen LogP contribution in [0.25, 0.3) is 0 Å². The molecule has 1 aromatic rings. The molecule has 0 radical (unpaired) electrons. The van der Waals surface area contributed by atoms with Crippen LogP contribution in [0.15, 0.2) is 23.1 Å². The van der Waals surface area contributed by atoms with Crippen molar-refractivity contribution in [2.45, 2.75) is 11.8 Å². The number of sulfonamides is 1. The van der Waals surface area contributed by atoms with Gasteiger partial charge in [0.2, 0.25) is 10.0 Å². The van der Waals surface area contributed by atoms with Gasteiger partial charge in [0.15, 0.2) is 0 Å². The number of aryl methyl sites for hydroxylation is 1. The molecule has 0 saturated carbocycles. The molecule has 15 heavy (non-hydrogen) atoms. The standard InChI is InChI=1S/C9H13FN2O2S/c1-7-2-3-8(10)6-9(7)15(13,14)12-5-4-11/h2-3,6,12H,4-5,11H2,1H3. The minimum atomic E-state index is -3.65. The number of halogens is 1. The zero-order valence-corrected chi connectivity index (χ0v) is 9.14. The number of nitrogens with two attached hydrogens (primary N) is 1. The third-order valence-corrected chi connectivity index (χ3v) is 3.48. The number of rotatable bonds is 4. The first kappa shape index (κ1) is 12.1. The Morgan fingerprint density at radius 2 is 2.13 bits per heavy atom. The topological polar surface area (TPSA) is 72.2 Å². The Kier molecular flexibility index (Phi) is 3.78. The van der Waals surface area contributed by atoms with Gasteiger partial charge in [0.25, 0.3) is 0 Å². The van der Waals surface area contributed by atoms with Gasteiger partial charge in [0.1, 0.15) is 5.82 Å². The molecule has 0 aliphatic rings. The molecule has 0 unspecified atom stereocenters. The molecule has 0 atom stereocenters. The van der Waals surface area contributed by atoms with E-state index in [1.165, 1.54) is 12.1 Å². The van der Waals surface area contributed by atoms with Crippen LogP contribution in [-0.2, 0) is 10.0 Å². The summed E-state index contributed by atoms with van der Waals surface area (Å²) in [5.74, 6) is -0.575. The fraction of sp³-hybridized carbons (Fsp3) is 0.333. The molecule has 0 bridgehead atoms. The maximum atomic E-state index is 12.9. The summed E-state index contributed by atoms with van der Waals surface area (Å²) in [7, 11) is -3.65. The van der Waals surface area contributed by atoms with Crippen molar-refractivity contribution in [1.82, 2.24) is 4.72 Å². The van der Waals surface area contributed by atoms with Crippen LogP contribution in [0, 0.1) is 12.7 Å². The van der Waals surface area contributed by atoms with Crippen LogP contribution in [0.5, 0.6) is 0 Å². The molecule has 0 aliphatic heterocycles. The van der Waals surface area contributed by atoms with E-state index in [0.29, 0.717) is 5.56 Å². The maximum Gasteiger partial charge on any atom is 0.240 e. The molecule has 0 aromatic heterocycles. The van der Waals surface area contributed by atoms with E-state index < -0.39 is 15.8 Å². The van der Waals surface area contributed by atoms with Gasteiger partial charge in [-0.15, -0.1) is 0 Å². The largest absolute Gasteiger partial charge is 0.329 e. The van der Waals surface area contributed by atoms with Gasteiger partial charge >= 0.3 is 0 Å². The van der Waals surface area contributed by atoms with Gasteiger partial charge < -0.3 is 5.73 Å². The lowest BCUT2D eigenvalue weighted by Crippen LogP contribution is -2.29. The van der Waals surface area contributed by atoms with Crippen LogP contribution in [0.2, 0.25) is 0 Å². The van der Waals surface area contributed by atoms with E-state index in [1.54, 1.807) is 6.92 Å². The van der Waals surface area contributed by atoms with Crippen LogP contribution in [0.3, 0.4) is 0 Å². The molecule has 0 heterocycles. The fourth-order valence-corrected chi connectivity index (χ4v) is 2.44. The summed E-state index contributed by atoms with van der Waals surface area (Å²) in [6, 6.07) is 3.64. The molecule has 1 aromatic carbocycles. The van der Waals surface area contributed by atoms with E-state index in [9.17, 15) is 12.8 Å². The molecule has 84 valence electrons. The van der Waals surface area contributed by atoms with Crippen molar-refractivity contribution in [3.05, 3.63) is 29.6 Å². The second-order valence-electron chi connectivity index (χ2n) is 3.10. The molecule has 0 fully saturated rings. The summed E-state index contributed by atoms with van der Waals surface area (Å²) < 4.78 is 38.4. The summed E-state index contributed by atoms with van der Waals surface area (Å²) in [6.07, 6.45) is 0. The second-order valence-corrected chi connectivity index (χ2v) is 4.83. The SMILES string of the molecule is Cc1ccc(F)cc1S(=O)(=O)NCCN. The van der Waals surface area contributed by atoms with Crippen molar-refractivity contribution in [1.29, 1.82) is 0 Å². The van der Waals surface area contributed by atoms with Crippen molar-refractivity contribution in [3.63, 3.8) is 0 Å². The first-order valence-corrected chi connectivity index (χ1v) is 5.91. The highest BCUT2D eigenvalue weighted by atomic mass is 32.2. The minimum absolute atomic E-state index is 0.0454. The van der Waals surface area contributed by atoms with E-state index in [2.05, 4.69) is 4.72 Å². The normalized spacial score (nSPS) is 11.7. The van der Waals surface area contributed by atoms with E-state index in [-0.39, 0.29) is 18.0 Å². The molecule has 3 N–H and O–H groups in total. The maximum absolute atomic E-state index is 12.9. The molecule has 0 spiro atoms. The molecule has 4 nitrogen and oxygen atoms in total. The Morgan fingerprint density at radius 1 is 1.47 bits per heavy atom. The van der Waals surface area contributed by atoms with Gasteiger partial charge in [0.05, 0.1) is 4.90 Å². The van der Waals surface area contributed by atoms with E-state index in [4.69, 9.17) is 5.73 Å². The van der Waals surface area contributed by atoms with E-state index >= 15 is 0 Å². The second kappa shape index (κ2) is 4.69. The summed E-state index contributed by atoms with van der Waals surface area (Å²) >= 11 is 0. The predicted molar refractivity (Wildman–Crippen MR) is 55.4 cm³/mol. The highest BCUT2D eigenvalue weighted by molar-refractivity contribution is 7.89. The van der Waals surface area contributed by atoms with Crippen molar-refractivity contribution in [2.24, 2.45) is 5.73 Å². The number of hydrogen-bond acceptors (Lipinski definition) is 3. The average molecular weight is 232 g/mol. The quantitative estimate of drug-likeness (QED) is 0.788. The average Bonchev–Trinajstić information content (AvgIpc) is 2.18. The minimum Gasteiger partial charge on any atom is -0.329 e. The third kappa shape index (κ3) is 2.98. The van der Waals surface area contributed by atoms with Crippen LogP contribution < -0.4 is 10.5 Å². The molecule has 0 amide bonds. The number of nitrogens with one attached hydrogen (secondary N) is 1. The predicted octanol–water partition coefficient (Wildman–Crippen LogP) is 0.371. The molecule has 0 aliphatic carbocycles. The zero-order chi connectivity index (χ0) is 11.5. The summed E-state index contributed by atoms with van der Waals surface area (Å²) in [6.45, 7) is 1.95. The molecular formula is C9H13FN2O2S. The van der Waals surface area contributed by atoms with Crippen molar-refractivity contribution >= 4 is 10.0 Å². The summed E-state index contributed by atoms with van der Waals surface area (Å²) in [5, 5.41) is 0. The van der Waals surface area contributed by atoms with Crippen LogP contribution in [-0.4, -0.2) is 21.5 Å². The molecular weight excluding hydrogens is 219 g/mol. The van der Waals surface area contributed by atoms with Gasteiger partial charge in [-0.05, 0) is 24.6 Å². The fourth-order valence-electron chi connectivity index (χ4n) is 1.13. The van der Waals surface area contributed by atoms with Crippen molar-refractivity contribution in [2.75, 3.05) is 13.1 Å². The lowest BCUT2D eigenvalue weighted by molar-refractivity contribution is 0.577. The first-order valence-electron chi connectivity index (χ1n) is 4.43. The first-order chi connectivity index (χ1) is 6.97. The smallest absolute Gasteiger partial charge is 0.240 e. The van der Waals surface area contributed by atoms with Gasteiger partial charge in [-0.3, -0.25) is 0 Å². The molecule has 1 rings (SSSR count). The van der Waals surface area contributed by atoms with Crippen LogP contribution in [0.1, 0.15) is 5.56 Å². The van der Waals surface area contributed by atoms with Crippen LogP contribution >= 0.6 is 0 Å². The lowest BCUT2D eigenvalue weighted by Gasteiger charge is -2.08. The van der Waals surface area contributed by atoms with Crippen molar-refractivity contribution in [3.8, 4) is 0 Å². The monoisotopic (exact) mass is 232 g/mol.